The summed E-state index contributed by atoms with van der Waals surface area (Å²) in [5.74, 6) is 0.580. The fourth-order valence-electron chi connectivity index (χ4n) is 2.35. The van der Waals surface area contributed by atoms with Crippen LogP contribution in [0.15, 0.2) is 42.5 Å². The molecule has 0 aromatic heterocycles. The number of hydrogen-bond acceptors (Lipinski definition) is 5. The number of carbonyl (C=O) groups excluding carboxylic acids is 2. The highest BCUT2D eigenvalue weighted by Gasteiger charge is 2.11. The summed E-state index contributed by atoms with van der Waals surface area (Å²) in [5.41, 5.74) is 2.62. The molecule has 144 valence electrons. The van der Waals surface area contributed by atoms with E-state index in [1.807, 2.05) is 25.1 Å². The van der Waals surface area contributed by atoms with Gasteiger partial charge in [0.25, 0.3) is 5.91 Å². The van der Waals surface area contributed by atoms with Crippen LogP contribution in [-0.2, 0) is 14.3 Å². The molecule has 6 nitrogen and oxygen atoms in total. The minimum atomic E-state index is -0.606. The molecule has 2 aromatic carbocycles. The minimum Gasteiger partial charge on any atom is -0.497 e. The number of hydrogen-bond donors (Lipinski definition) is 1. The van der Waals surface area contributed by atoms with E-state index in [0.717, 1.165) is 11.1 Å². The third kappa shape index (κ3) is 6.33. The molecular weight excluding hydrogens is 346 g/mol. The van der Waals surface area contributed by atoms with Crippen LogP contribution in [0.3, 0.4) is 0 Å². The number of aryl methyl sites for hydroxylation is 1. The maximum absolute atomic E-state index is 11.9. The lowest BCUT2D eigenvalue weighted by molar-refractivity contribution is -0.149. The van der Waals surface area contributed by atoms with Crippen molar-refractivity contribution in [3.63, 3.8) is 0 Å². The van der Waals surface area contributed by atoms with E-state index in [4.69, 9.17) is 14.2 Å². The first-order valence-corrected chi connectivity index (χ1v) is 8.72. The molecule has 0 fully saturated rings. The van der Waals surface area contributed by atoms with Crippen LogP contribution >= 0.6 is 0 Å². The van der Waals surface area contributed by atoms with Gasteiger partial charge < -0.3 is 19.5 Å². The number of nitrogens with one attached hydrogen (secondary N) is 1. The van der Waals surface area contributed by atoms with Crippen LogP contribution < -0.4 is 14.8 Å². The van der Waals surface area contributed by atoms with Gasteiger partial charge in [0.15, 0.2) is 13.2 Å². The highest BCUT2D eigenvalue weighted by molar-refractivity contribution is 5.93. The standard InChI is InChI=1S/C21H25NO5/c1-14(2)16-9-8-15(3)19(10-16)26-13-21(24)27-12-20(23)22-17-6-5-7-18(11-17)25-4/h5-11,14H,12-13H2,1-4H3,(H,22,23). The molecule has 0 aliphatic rings. The van der Waals surface area contributed by atoms with Crippen molar-refractivity contribution in [3.05, 3.63) is 53.6 Å². The molecule has 27 heavy (non-hydrogen) atoms. The highest BCUT2D eigenvalue weighted by atomic mass is 16.6. The van der Waals surface area contributed by atoms with Crippen LogP contribution in [0.25, 0.3) is 0 Å². The van der Waals surface area contributed by atoms with E-state index in [0.29, 0.717) is 23.1 Å². The quantitative estimate of drug-likeness (QED) is 0.717. The zero-order valence-electron chi connectivity index (χ0n) is 16.1. The van der Waals surface area contributed by atoms with Crippen LogP contribution in [-0.4, -0.2) is 32.2 Å². The second-order valence-corrected chi connectivity index (χ2v) is 6.41. The van der Waals surface area contributed by atoms with Gasteiger partial charge in [-0.05, 0) is 42.2 Å². The van der Waals surface area contributed by atoms with Crippen molar-refractivity contribution in [2.75, 3.05) is 25.6 Å². The number of methoxy groups -OCH3 is 1. The van der Waals surface area contributed by atoms with E-state index in [-0.39, 0.29) is 13.2 Å². The zero-order valence-corrected chi connectivity index (χ0v) is 16.1. The molecule has 2 aromatic rings. The molecular formula is C21H25NO5. The lowest BCUT2D eigenvalue weighted by Gasteiger charge is -2.12. The summed E-state index contributed by atoms with van der Waals surface area (Å²) < 4.78 is 15.6. The molecule has 0 spiro atoms. The molecule has 0 unspecified atom stereocenters. The first kappa shape index (κ1) is 20.3. The average Bonchev–Trinajstić information content (AvgIpc) is 2.65. The van der Waals surface area contributed by atoms with Crippen LogP contribution in [0.5, 0.6) is 11.5 Å². The Hall–Kier alpha value is -3.02. The number of esters is 1. The van der Waals surface area contributed by atoms with E-state index < -0.39 is 11.9 Å². The van der Waals surface area contributed by atoms with Gasteiger partial charge in [-0.3, -0.25) is 4.79 Å². The fraction of sp³-hybridized carbons (Fsp3) is 0.333. The van der Waals surface area contributed by atoms with Crippen LogP contribution in [0.1, 0.15) is 30.9 Å². The number of anilines is 1. The predicted molar refractivity (Wildman–Crippen MR) is 103 cm³/mol. The highest BCUT2D eigenvalue weighted by Crippen LogP contribution is 2.24. The van der Waals surface area contributed by atoms with Crippen molar-refractivity contribution in [1.82, 2.24) is 0 Å². The van der Waals surface area contributed by atoms with Gasteiger partial charge in [0, 0.05) is 11.8 Å². The Bertz CT molecular complexity index is 801. The predicted octanol–water partition coefficient (Wildman–Crippen LogP) is 3.69. The molecule has 6 heteroatoms. The first-order chi connectivity index (χ1) is 12.9. The number of carbonyl (C=O) groups is 2. The van der Waals surface area contributed by atoms with Crippen molar-refractivity contribution < 1.29 is 23.8 Å². The van der Waals surface area contributed by atoms with Crippen LogP contribution in [0.4, 0.5) is 5.69 Å². The Balaban J connectivity index is 1.80. The second-order valence-electron chi connectivity index (χ2n) is 6.41. The third-order valence-electron chi connectivity index (χ3n) is 3.94. The number of amides is 1. The zero-order chi connectivity index (χ0) is 19.8. The number of rotatable bonds is 8. The summed E-state index contributed by atoms with van der Waals surface area (Å²) in [5, 5.41) is 2.64. The molecule has 0 aliphatic heterocycles. The SMILES string of the molecule is COc1cccc(NC(=O)COC(=O)COc2cc(C(C)C)ccc2C)c1. The van der Waals surface area contributed by atoms with Crippen molar-refractivity contribution in [1.29, 1.82) is 0 Å². The van der Waals surface area contributed by atoms with E-state index in [1.165, 1.54) is 0 Å². The topological polar surface area (TPSA) is 73.9 Å². The van der Waals surface area contributed by atoms with Gasteiger partial charge in [-0.25, -0.2) is 4.79 Å². The van der Waals surface area contributed by atoms with E-state index in [9.17, 15) is 9.59 Å². The van der Waals surface area contributed by atoms with Crippen LogP contribution in [0.2, 0.25) is 0 Å². The number of benzene rings is 2. The molecule has 0 saturated heterocycles. The maximum atomic E-state index is 11.9. The molecule has 1 amide bonds. The second kappa shape index (κ2) is 9.62. The Labute approximate surface area is 159 Å². The lowest BCUT2D eigenvalue weighted by Crippen LogP contribution is -2.23. The summed E-state index contributed by atoms with van der Waals surface area (Å²) in [6.07, 6.45) is 0. The molecule has 2 rings (SSSR count). The molecule has 1 N–H and O–H groups in total. The lowest BCUT2D eigenvalue weighted by atomic mass is 10.0. The van der Waals surface area contributed by atoms with Crippen molar-refractivity contribution >= 4 is 17.6 Å². The summed E-state index contributed by atoms with van der Waals surface area (Å²) in [6, 6.07) is 12.8. The maximum Gasteiger partial charge on any atom is 0.344 e. The smallest absolute Gasteiger partial charge is 0.344 e. The first-order valence-electron chi connectivity index (χ1n) is 8.72. The van der Waals surface area contributed by atoms with Gasteiger partial charge in [-0.2, -0.15) is 0 Å². The molecule has 0 heterocycles. The normalized spacial score (nSPS) is 10.4. The summed E-state index contributed by atoms with van der Waals surface area (Å²) >= 11 is 0. The van der Waals surface area contributed by atoms with Gasteiger partial charge in [-0.15, -0.1) is 0 Å². The largest absolute Gasteiger partial charge is 0.497 e. The summed E-state index contributed by atoms with van der Waals surface area (Å²) in [6.45, 7) is 5.44. The molecule has 0 bridgehead atoms. The van der Waals surface area contributed by atoms with Crippen LogP contribution in [0, 0.1) is 6.92 Å². The third-order valence-corrected chi connectivity index (χ3v) is 3.94. The monoisotopic (exact) mass is 371 g/mol. The van der Waals surface area contributed by atoms with Gasteiger partial charge in [0.1, 0.15) is 11.5 Å². The summed E-state index contributed by atoms with van der Waals surface area (Å²) in [4.78, 5) is 23.8. The Morgan fingerprint density at radius 2 is 1.85 bits per heavy atom. The van der Waals surface area contributed by atoms with E-state index in [2.05, 4.69) is 19.2 Å². The number of ether oxygens (including phenoxy) is 3. The Morgan fingerprint density at radius 1 is 1.07 bits per heavy atom. The average molecular weight is 371 g/mol. The molecule has 0 saturated carbocycles. The minimum absolute atomic E-state index is 0.255. The Kier molecular flexibility index (Phi) is 7.23. The Morgan fingerprint density at radius 3 is 2.56 bits per heavy atom. The summed E-state index contributed by atoms with van der Waals surface area (Å²) in [7, 11) is 1.54. The van der Waals surface area contributed by atoms with Gasteiger partial charge >= 0.3 is 5.97 Å². The fourth-order valence-corrected chi connectivity index (χ4v) is 2.35. The van der Waals surface area contributed by atoms with Gasteiger partial charge in [0.2, 0.25) is 0 Å². The van der Waals surface area contributed by atoms with Gasteiger partial charge in [-0.1, -0.05) is 32.0 Å². The molecule has 0 aliphatic carbocycles. The molecule has 0 atom stereocenters. The van der Waals surface area contributed by atoms with Crippen molar-refractivity contribution in [3.8, 4) is 11.5 Å². The van der Waals surface area contributed by atoms with Crippen molar-refractivity contribution in [2.45, 2.75) is 26.7 Å². The van der Waals surface area contributed by atoms with E-state index >= 15 is 0 Å². The molecule has 0 radical (unpaired) electrons. The van der Waals surface area contributed by atoms with Gasteiger partial charge in [0.05, 0.1) is 7.11 Å². The van der Waals surface area contributed by atoms with E-state index in [1.54, 1.807) is 31.4 Å². The van der Waals surface area contributed by atoms with Crippen molar-refractivity contribution in [2.24, 2.45) is 0 Å².